The van der Waals surface area contributed by atoms with Gasteiger partial charge < -0.3 is 15.4 Å². The third-order valence-corrected chi connectivity index (χ3v) is 6.61. The standard InChI is InChI=1S/C31H23N5O/c1-3-9-21(10-4-1)28-34-29(22-11-5-2-6-12-22)36-30(35-28)23-15-14-20-16-17-25-27(24(20)19-23)37-31(33-25)26-13-7-8-18-32-26/h1-19,26,31-33H. The van der Waals surface area contributed by atoms with Gasteiger partial charge in [0.15, 0.2) is 29.5 Å². The van der Waals surface area contributed by atoms with E-state index in [0.29, 0.717) is 17.5 Å². The van der Waals surface area contributed by atoms with Crippen molar-refractivity contribution in [1.82, 2.24) is 20.3 Å². The third kappa shape index (κ3) is 3.98. The Labute approximate surface area is 214 Å². The summed E-state index contributed by atoms with van der Waals surface area (Å²) in [4.78, 5) is 14.6. The Balaban J connectivity index is 1.33. The number of nitrogens with zero attached hydrogens (tertiary/aromatic N) is 3. The second kappa shape index (κ2) is 8.91. The molecule has 1 aromatic heterocycles. The number of nitrogens with one attached hydrogen (secondary N) is 2. The van der Waals surface area contributed by atoms with E-state index in [1.165, 1.54) is 0 Å². The molecule has 0 radical (unpaired) electrons. The largest absolute Gasteiger partial charge is 0.465 e. The van der Waals surface area contributed by atoms with E-state index < -0.39 is 0 Å². The van der Waals surface area contributed by atoms with Crippen molar-refractivity contribution in [2.45, 2.75) is 12.3 Å². The lowest BCUT2D eigenvalue weighted by atomic mass is 10.0. The molecule has 2 atom stereocenters. The van der Waals surface area contributed by atoms with Gasteiger partial charge in [0.25, 0.3) is 0 Å². The molecule has 37 heavy (non-hydrogen) atoms. The van der Waals surface area contributed by atoms with Crippen LogP contribution < -0.4 is 15.4 Å². The molecule has 178 valence electrons. The number of ether oxygens (including phenoxy) is 1. The second-order valence-corrected chi connectivity index (χ2v) is 9.04. The lowest BCUT2D eigenvalue weighted by Gasteiger charge is -2.22. The number of rotatable bonds is 4. The molecule has 7 rings (SSSR count). The lowest BCUT2D eigenvalue weighted by molar-refractivity contribution is 0.228. The van der Waals surface area contributed by atoms with E-state index in [-0.39, 0.29) is 12.3 Å². The van der Waals surface area contributed by atoms with Gasteiger partial charge in [0.2, 0.25) is 0 Å². The fourth-order valence-electron chi connectivity index (χ4n) is 4.73. The number of hydrogen-bond donors (Lipinski definition) is 2. The van der Waals surface area contributed by atoms with E-state index in [9.17, 15) is 0 Å². The highest BCUT2D eigenvalue weighted by atomic mass is 16.5. The summed E-state index contributed by atoms with van der Waals surface area (Å²) in [5, 5.41) is 8.96. The van der Waals surface area contributed by atoms with Crippen molar-refractivity contribution in [2.24, 2.45) is 0 Å². The van der Waals surface area contributed by atoms with Crippen LogP contribution in [-0.2, 0) is 0 Å². The van der Waals surface area contributed by atoms with Gasteiger partial charge in [-0.25, -0.2) is 15.0 Å². The maximum Gasteiger partial charge on any atom is 0.194 e. The van der Waals surface area contributed by atoms with Gasteiger partial charge in [-0.15, -0.1) is 0 Å². The summed E-state index contributed by atoms with van der Waals surface area (Å²) in [6.07, 6.45) is 7.84. The monoisotopic (exact) mass is 481 g/mol. The van der Waals surface area contributed by atoms with Crippen LogP contribution >= 0.6 is 0 Å². The van der Waals surface area contributed by atoms with Crippen LogP contribution in [0.3, 0.4) is 0 Å². The van der Waals surface area contributed by atoms with Crippen LogP contribution in [0.25, 0.3) is 44.9 Å². The minimum Gasteiger partial charge on any atom is -0.465 e. The fraction of sp³-hybridized carbons (Fsp3) is 0.0645. The molecule has 3 heterocycles. The molecule has 0 bridgehead atoms. The SMILES string of the molecule is C1=CNC(C2Nc3ccc4ccc(-c5nc(-c6ccccc6)nc(-c6ccccc6)n5)cc4c3O2)C=C1. The van der Waals surface area contributed by atoms with Gasteiger partial charge in [-0.05, 0) is 29.8 Å². The van der Waals surface area contributed by atoms with Crippen LogP contribution in [0.1, 0.15) is 0 Å². The summed E-state index contributed by atoms with van der Waals surface area (Å²) in [7, 11) is 0. The molecule has 2 aliphatic rings. The Morgan fingerprint density at radius 1 is 0.649 bits per heavy atom. The first kappa shape index (κ1) is 21.3. The van der Waals surface area contributed by atoms with Crippen molar-refractivity contribution in [1.29, 1.82) is 0 Å². The van der Waals surface area contributed by atoms with E-state index in [2.05, 4.69) is 47.0 Å². The molecule has 0 fully saturated rings. The lowest BCUT2D eigenvalue weighted by Crippen LogP contribution is -2.42. The molecular formula is C31H23N5O. The highest BCUT2D eigenvalue weighted by molar-refractivity contribution is 5.96. The minimum atomic E-state index is -0.197. The Hall–Kier alpha value is -4.97. The first-order valence-corrected chi connectivity index (χ1v) is 12.3. The maximum atomic E-state index is 6.42. The summed E-state index contributed by atoms with van der Waals surface area (Å²) in [5.41, 5.74) is 3.78. The number of dihydropyridines is 1. The van der Waals surface area contributed by atoms with Gasteiger partial charge in [0, 0.05) is 22.1 Å². The number of anilines is 1. The Morgan fingerprint density at radius 2 is 1.30 bits per heavy atom. The van der Waals surface area contributed by atoms with Gasteiger partial charge in [-0.2, -0.15) is 0 Å². The molecule has 2 unspecified atom stereocenters. The van der Waals surface area contributed by atoms with Crippen LogP contribution in [0.4, 0.5) is 5.69 Å². The first-order chi connectivity index (χ1) is 18.3. The Kier molecular flexibility index (Phi) is 5.14. The normalized spacial score (nSPS) is 17.6. The molecule has 0 saturated carbocycles. The average Bonchev–Trinajstić information content (AvgIpc) is 3.43. The van der Waals surface area contributed by atoms with E-state index >= 15 is 0 Å². The van der Waals surface area contributed by atoms with Gasteiger partial charge in [0.1, 0.15) is 6.04 Å². The summed E-state index contributed by atoms with van der Waals surface area (Å²) in [6.45, 7) is 0. The summed E-state index contributed by atoms with van der Waals surface area (Å²) >= 11 is 0. The predicted octanol–water partition coefficient (Wildman–Crippen LogP) is 6.20. The number of hydrogen-bond acceptors (Lipinski definition) is 6. The highest BCUT2D eigenvalue weighted by Gasteiger charge is 2.29. The molecule has 0 spiro atoms. The Morgan fingerprint density at radius 3 is 1.95 bits per heavy atom. The van der Waals surface area contributed by atoms with E-state index in [0.717, 1.165) is 38.9 Å². The molecular weight excluding hydrogens is 458 g/mol. The van der Waals surface area contributed by atoms with Crippen molar-refractivity contribution >= 4 is 16.5 Å². The van der Waals surface area contributed by atoms with Crippen molar-refractivity contribution < 1.29 is 4.74 Å². The fourth-order valence-corrected chi connectivity index (χ4v) is 4.73. The van der Waals surface area contributed by atoms with E-state index in [4.69, 9.17) is 19.7 Å². The third-order valence-electron chi connectivity index (χ3n) is 6.61. The Bertz CT molecular complexity index is 1610. The molecule has 0 aliphatic carbocycles. The second-order valence-electron chi connectivity index (χ2n) is 9.04. The zero-order valence-corrected chi connectivity index (χ0v) is 19.9. The van der Waals surface area contributed by atoms with Crippen molar-refractivity contribution in [3.8, 4) is 39.9 Å². The summed E-state index contributed by atoms with van der Waals surface area (Å²) in [6, 6.07) is 30.5. The maximum absolute atomic E-state index is 6.42. The van der Waals surface area contributed by atoms with Gasteiger partial charge in [0.05, 0.1) is 5.69 Å². The smallest absolute Gasteiger partial charge is 0.194 e. The van der Waals surface area contributed by atoms with Gasteiger partial charge in [-0.3, -0.25) is 0 Å². The zero-order valence-electron chi connectivity index (χ0n) is 19.9. The zero-order chi connectivity index (χ0) is 24.6. The number of benzene rings is 4. The minimum absolute atomic E-state index is 0.0426. The molecule has 0 amide bonds. The number of fused-ring (bicyclic) bond motifs is 3. The van der Waals surface area contributed by atoms with Crippen LogP contribution in [0.2, 0.25) is 0 Å². The summed E-state index contributed by atoms with van der Waals surface area (Å²) < 4.78 is 6.42. The van der Waals surface area contributed by atoms with E-state index in [1.54, 1.807) is 0 Å². The summed E-state index contributed by atoms with van der Waals surface area (Å²) in [5.74, 6) is 2.75. The molecule has 2 aliphatic heterocycles. The highest BCUT2D eigenvalue weighted by Crippen LogP contribution is 2.41. The molecule has 2 N–H and O–H groups in total. The van der Waals surface area contributed by atoms with E-state index in [1.807, 2.05) is 79.0 Å². The molecule has 5 aromatic rings. The van der Waals surface area contributed by atoms with Gasteiger partial charge in [-0.1, -0.05) is 91.0 Å². The van der Waals surface area contributed by atoms with Gasteiger partial charge >= 0.3 is 0 Å². The molecule has 6 heteroatoms. The molecule has 0 saturated heterocycles. The van der Waals surface area contributed by atoms with Crippen LogP contribution in [0.5, 0.6) is 5.75 Å². The van der Waals surface area contributed by atoms with Crippen molar-refractivity contribution in [3.63, 3.8) is 0 Å². The van der Waals surface area contributed by atoms with Crippen molar-refractivity contribution in [2.75, 3.05) is 5.32 Å². The topological polar surface area (TPSA) is 72.0 Å². The number of aromatic nitrogens is 3. The quantitative estimate of drug-likeness (QED) is 0.319. The van der Waals surface area contributed by atoms with Crippen LogP contribution in [0, 0.1) is 0 Å². The molecule has 4 aromatic carbocycles. The molecule has 6 nitrogen and oxygen atoms in total. The van der Waals surface area contributed by atoms with Crippen LogP contribution in [-0.4, -0.2) is 27.2 Å². The van der Waals surface area contributed by atoms with Crippen LogP contribution in [0.15, 0.2) is 115 Å². The first-order valence-electron chi connectivity index (χ1n) is 12.3. The average molecular weight is 482 g/mol. The van der Waals surface area contributed by atoms with Crippen molar-refractivity contribution in [3.05, 3.63) is 115 Å². The number of allylic oxidation sites excluding steroid dienone is 2. The predicted molar refractivity (Wildman–Crippen MR) is 147 cm³/mol.